The lowest BCUT2D eigenvalue weighted by molar-refractivity contribution is -0.122. The van der Waals surface area contributed by atoms with Gasteiger partial charge in [-0.05, 0) is 54.9 Å². The first-order valence-electron chi connectivity index (χ1n) is 10.6. The van der Waals surface area contributed by atoms with Gasteiger partial charge in [0.05, 0.1) is 24.1 Å². The molecule has 0 saturated heterocycles. The van der Waals surface area contributed by atoms with Crippen molar-refractivity contribution in [3.63, 3.8) is 0 Å². The topological polar surface area (TPSA) is 75.7 Å². The summed E-state index contributed by atoms with van der Waals surface area (Å²) >= 11 is 0. The van der Waals surface area contributed by atoms with Crippen LogP contribution in [-0.4, -0.2) is 52.2 Å². The second-order valence-corrected chi connectivity index (χ2v) is 10.1. The number of fused-ring (bicyclic) bond motifs is 1. The molecule has 3 aromatic carbocycles. The predicted molar refractivity (Wildman–Crippen MR) is 128 cm³/mol. The molecule has 170 valence electrons. The molecule has 7 heteroatoms. The lowest BCUT2D eigenvalue weighted by Gasteiger charge is -2.20. The average molecular weight is 455 g/mol. The van der Waals surface area contributed by atoms with Crippen LogP contribution >= 0.6 is 0 Å². The van der Waals surface area contributed by atoms with Crippen molar-refractivity contribution in [2.45, 2.75) is 24.3 Å². The Morgan fingerprint density at radius 2 is 1.78 bits per heavy atom. The maximum atomic E-state index is 12.5. The minimum atomic E-state index is -3.26. The molecule has 0 saturated carbocycles. The van der Waals surface area contributed by atoms with Crippen LogP contribution in [0.4, 0.5) is 0 Å². The van der Waals surface area contributed by atoms with Gasteiger partial charge in [0.2, 0.25) is 5.91 Å². The fourth-order valence-corrected chi connectivity index (χ4v) is 4.29. The highest BCUT2D eigenvalue weighted by atomic mass is 32.2. The Hall–Kier alpha value is -2.90. The van der Waals surface area contributed by atoms with E-state index in [9.17, 15) is 13.2 Å². The molecule has 0 bridgehead atoms. The highest BCUT2D eigenvalue weighted by molar-refractivity contribution is 7.90. The number of carbonyl (C=O) groups excluding carboxylic acids is 1. The number of carbonyl (C=O) groups is 1. The second kappa shape index (κ2) is 10.6. The molecule has 1 amide bonds. The van der Waals surface area contributed by atoms with Gasteiger partial charge in [-0.1, -0.05) is 48.5 Å². The summed E-state index contributed by atoms with van der Waals surface area (Å²) in [6, 6.07) is 20.7. The third-order valence-electron chi connectivity index (χ3n) is 5.27. The Kier molecular flexibility index (Phi) is 7.88. The molecule has 0 aliphatic heterocycles. The van der Waals surface area contributed by atoms with E-state index in [0.29, 0.717) is 31.9 Å². The van der Waals surface area contributed by atoms with Gasteiger partial charge in [-0.25, -0.2) is 8.42 Å². The quantitative estimate of drug-likeness (QED) is 0.472. The van der Waals surface area contributed by atoms with E-state index in [-0.39, 0.29) is 16.8 Å². The summed E-state index contributed by atoms with van der Waals surface area (Å²) in [5.74, 6) is 0.493. The van der Waals surface area contributed by atoms with Crippen molar-refractivity contribution in [2.75, 3.05) is 33.0 Å². The van der Waals surface area contributed by atoms with Gasteiger partial charge >= 0.3 is 0 Å². The number of amides is 1. The highest BCUT2D eigenvalue weighted by Crippen LogP contribution is 2.24. The predicted octanol–water partition coefficient (Wildman–Crippen LogP) is 3.82. The van der Waals surface area contributed by atoms with Crippen LogP contribution in [0.3, 0.4) is 0 Å². The molecule has 0 aliphatic rings. The molecule has 1 atom stereocenters. The van der Waals surface area contributed by atoms with Gasteiger partial charge < -0.3 is 10.1 Å². The van der Waals surface area contributed by atoms with Crippen molar-refractivity contribution in [1.29, 1.82) is 0 Å². The summed E-state index contributed by atoms with van der Waals surface area (Å²) in [5, 5.41) is 5.39. The zero-order valence-electron chi connectivity index (χ0n) is 18.7. The summed E-state index contributed by atoms with van der Waals surface area (Å²) in [4.78, 5) is 14.7. The minimum Gasteiger partial charge on any atom is -0.494 e. The second-order valence-electron chi connectivity index (χ2n) is 8.04. The third kappa shape index (κ3) is 6.55. The molecule has 1 N–H and O–H groups in total. The number of ether oxygens (including phenoxy) is 1. The average Bonchev–Trinajstić information content (AvgIpc) is 2.76. The maximum absolute atomic E-state index is 12.5. The Morgan fingerprint density at radius 1 is 1.06 bits per heavy atom. The van der Waals surface area contributed by atoms with Crippen molar-refractivity contribution in [2.24, 2.45) is 0 Å². The number of hydrogen-bond acceptors (Lipinski definition) is 5. The van der Waals surface area contributed by atoms with Crippen molar-refractivity contribution in [1.82, 2.24) is 10.2 Å². The monoisotopic (exact) mass is 454 g/mol. The fourth-order valence-electron chi connectivity index (χ4n) is 3.64. The van der Waals surface area contributed by atoms with Crippen LogP contribution in [-0.2, 0) is 14.6 Å². The van der Waals surface area contributed by atoms with Crippen LogP contribution < -0.4 is 10.1 Å². The summed E-state index contributed by atoms with van der Waals surface area (Å²) in [6.07, 6.45) is 1.89. The molecular weight excluding hydrogens is 424 g/mol. The molecule has 1 unspecified atom stereocenters. The molecule has 32 heavy (non-hydrogen) atoms. The first-order chi connectivity index (χ1) is 15.2. The van der Waals surface area contributed by atoms with Gasteiger partial charge in [0.25, 0.3) is 0 Å². The summed E-state index contributed by atoms with van der Waals surface area (Å²) in [7, 11) is -1.36. The SMILES string of the molecule is CC(NC(=O)CN(C)CCCOc1cccc(S(C)(=O)=O)c1)c1cccc2ccccc12. The van der Waals surface area contributed by atoms with E-state index in [1.807, 2.05) is 43.1 Å². The number of likely N-dealkylation sites (N-methyl/N-ethyl adjacent to an activating group) is 1. The number of sulfone groups is 1. The first-order valence-corrected chi connectivity index (χ1v) is 12.5. The Morgan fingerprint density at radius 3 is 2.56 bits per heavy atom. The molecular formula is C25H30N2O4S. The van der Waals surface area contributed by atoms with Crippen LogP contribution in [0.25, 0.3) is 10.8 Å². The smallest absolute Gasteiger partial charge is 0.234 e. The van der Waals surface area contributed by atoms with Gasteiger partial charge in [0, 0.05) is 12.8 Å². The molecule has 0 heterocycles. The van der Waals surface area contributed by atoms with E-state index in [0.717, 1.165) is 16.3 Å². The number of nitrogens with one attached hydrogen (secondary N) is 1. The van der Waals surface area contributed by atoms with Crippen molar-refractivity contribution >= 4 is 26.5 Å². The molecule has 0 aromatic heterocycles. The Labute approximate surface area is 190 Å². The Bertz CT molecular complexity index is 1170. The third-order valence-corrected chi connectivity index (χ3v) is 6.38. The van der Waals surface area contributed by atoms with E-state index < -0.39 is 9.84 Å². The van der Waals surface area contributed by atoms with Crippen LogP contribution in [0.5, 0.6) is 5.75 Å². The molecule has 3 aromatic rings. The zero-order chi connectivity index (χ0) is 23.1. The van der Waals surface area contributed by atoms with E-state index in [1.165, 1.54) is 12.3 Å². The molecule has 0 radical (unpaired) electrons. The summed E-state index contributed by atoms with van der Waals surface area (Å²) in [5.41, 5.74) is 1.10. The normalized spacial score (nSPS) is 12.6. The van der Waals surface area contributed by atoms with E-state index >= 15 is 0 Å². The van der Waals surface area contributed by atoms with E-state index in [1.54, 1.807) is 18.2 Å². The standard InChI is InChI=1S/C25H30N2O4S/c1-19(23-14-6-10-20-9-4-5-13-24(20)23)26-25(28)18-27(2)15-8-16-31-21-11-7-12-22(17-21)32(3,29)30/h4-7,9-14,17,19H,8,15-16,18H2,1-3H3,(H,26,28). The van der Waals surface area contributed by atoms with E-state index in [4.69, 9.17) is 4.74 Å². The zero-order valence-corrected chi connectivity index (χ0v) is 19.6. The molecule has 3 rings (SSSR count). The van der Waals surface area contributed by atoms with Gasteiger partial charge in [0.15, 0.2) is 9.84 Å². The largest absolute Gasteiger partial charge is 0.494 e. The number of rotatable bonds is 10. The lowest BCUT2D eigenvalue weighted by atomic mass is 10.00. The minimum absolute atomic E-state index is 0.0327. The number of benzene rings is 3. The van der Waals surface area contributed by atoms with Crippen LogP contribution in [0.1, 0.15) is 24.9 Å². The Balaban J connectivity index is 1.44. The summed E-state index contributed by atoms with van der Waals surface area (Å²) in [6.45, 7) is 3.41. The van der Waals surface area contributed by atoms with Gasteiger partial charge in [-0.3, -0.25) is 9.69 Å². The molecule has 6 nitrogen and oxygen atoms in total. The molecule has 0 fully saturated rings. The van der Waals surface area contributed by atoms with E-state index in [2.05, 4.69) is 23.5 Å². The van der Waals surface area contributed by atoms with Gasteiger partial charge in [-0.15, -0.1) is 0 Å². The number of nitrogens with zero attached hydrogens (tertiary/aromatic N) is 1. The fraction of sp³-hybridized carbons (Fsp3) is 0.320. The molecule has 0 aliphatic carbocycles. The maximum Gasteiger partial charge on any atom is 0.234 e. The van der Waals surface area contributed by atoms with Crippen LogP contribution in [0.15, 0.2) is 71.6 Å². The lowest BCUT2D eigenvalue weighted by Crippen LogP contribution is -2.37. The summed E-state index contributed by atoms with van der Waals surface area (Å²) < 4.78 is 28.9. The number of hydrogen-bond donors (Lipinski definition) is 1. The van der Waals surface area contributed by atoms with Crippen molar-refractivity contribution in [3.8, 4) is 5.75 Å². The highest BCUT2D eigenvalue weighted by Gasteiger charge is 2.14. The molecule has 0 spiro atoms. The van der Waals surface area contributed by atoms with Crippen LogP contribution in [0.2, 0.25) is 0 Å². The van der Waals surface area contributed by atoms with Crippen molar-refractivity contribution in [3.05, 3.63) is 72.3 Å². The van der Waals surface area contributed by atoms with Crippen molar-refractivity contribution < 1.29 is 17.9 Å². The van der Waals surface area contributed by atoms with Gasteiger partial charge in [-0.2, -0.15) is 0 Å². The van der Waals surface area contributed by atoms with Gasteiger partial charge in [0.1, 0.15) is 5.75 Å². The van der Waals surface area contributed by atoms with Crippen LogP contribution in [0, 0.1) is 0 Å². The first kappa shape index (κ1) is 23.8.